The molecule has 5 rings (SSSR count). The normalized spacial score (nSPS) is 15.0. The molecule has 39 heavy (non-hydrogen) atoms. The maximum atomic E-state index is 13.0. The molecule has 1 aromatic heterocycles. The van der Waals surface area contributed by atoms with Crippen LogP contribution >= 0.6 is 0 Å². The third-order valence-electron chi connectivity index (χ3n) is 7.09. The number of rotatable bonds is 12. The molecule has 0 N–H and O–H groups in total. The van der Waals surface area contributed by atoms with E-state index in [9.17, 15) is 9.59 Å². The zero-order valence-corrected chi connectivity index (χ0v) is 22.4. The van der Waals surface area contributed by atoms with Crippen LogP contribution in [0.5, 0.6) is 11.5 Å². The summed E-state index contributed by atoms with van der Waals surface area (Å²) in [5, 5.41) is 0. The molecule has 0 bridgehead atoms. The van der Waals surface area contributed by atoms with E-state index >= 15 is 0 Å². The highest BCUT2D eigenvalue weighted by molar-refractivity contribution is 5.93. The van der Waals surface area contributed by atoms with Gasteiger partial charge in [0.05, 0.1) is 20.3 Å². The summed E-state index contributed by atoms with van der Waals surface area (Å²) < 4.78 is 21.9. The van der Waals surface area contributed by atoms with Crippen LogP contribution in [-0.2, 0) is 27.5 Å². The van der Waals surface area contributed by atoms with Crippen LogP contribution in [0.15, 0.2) is 60.8 Å². The minimum absolute atomic E-state index is 0.127. The van der Waals surface area contributed by atoms with Crippen molar-refractivity contribution in [1.29, 1.82) is 0 Å². The Morgan fingerprint density at radius 1 is 0.897 bits per heavy atom. The van der Waals surface area contributed by atoms with Crippen LogP contribution < -0.4 is 9.47 Å². The van der Waals surface area contributed by atoms with Crippen LogP contribution in [0.2, 0.25) is 0 Å². The second-order valence-electron chi connectivity index (χ2n) is 9.97. The van der Waals surface area contributed by atoms with Gasteiger partial charge in [0.1, 0.15) is 18.9 Å². The molecule has 204 valence electrons. The standard InChI is InChI=1S/C31H34N2O6/c1-3-38-30(34)20-37-18-22-12-13-32-27(14-22)31(35)33-16-26(17-33)25-10-11-28(29(15-25)36-2)39-19-21-4-6-23(7-5-21)24-8-9-24/h4-7,10-15,24,26H,3,8-9,16-20H2,1-2H3. The van der Waals surface area contributed by atoms with Crippen LogP contribution in [0.3, 0.4) is 0 Å². The van der Waals surface area contributed by atoms with Gasteiger partial charge in [-0.1, -0.05) is 30.3 Å². The molecule has 2 fully saturated rings. The number of ether oxygens (including phenoxy) is 4. The van der Waals surface area contributed by atoms with Crippen molar-refractivity contribution in [2.45, 2.75) is 44.8 Å². The molecular formula is C31H34N2O6. The van der Waals surface area contributed by atoms with Gasteiger partial charge in [0.15, 0.2) is 11.5 Å². The second kappa shape index (κ2) is 12.3. The van der Waals surface area contributed by atoms with Crippen LogP contribution in [0.25, 0.3) is 0 Å². The Bertz CT molecular complexity index is 1300. The molecule has 2 aromatic carbocycles. The number of benzene rings is 2. The van der Waals surface area contributed by atoms with Crippen LogP contribution in [0, 0.1) is 0 Å². The zero-order chi connectivity index (χ0) is 27.2. The summed E-state index contributed by atoms with van der Waals surface area (Å²) in [6.07, 6.45) is 4.18. The molecule has 0 atom stereocenters. The number of hydrogen-bond donors (Lipinski definition) is 0. The van der Waals surface area contributed by atoms with Gasteiger partial charge in [-0.15, -0.1) is 0 Å². The number of hydrogen-bond acceptors (Lipinski definition) is 7. The van der Waals surface area contributed by atoms with Crippen molar-refractivity contribution in [3.05, 3.63) is 88.7 Å². The van der Waals surface area contributed by atoms with E-state index in [4.69, 9.17) is 18.9 Å². The van der Waals surface area contributed by atoms with Gasteiger partial charge in [-0.05, 0) is 72.2 Å². The predicted molar refractivity (Wildman–Crippen MR) is 145 cm³/mol. The molecule has 3 aromatic rings. The summed E-state index contributed by atoms with van der Waals surface area (Å²) in [7, 11) is 1.64. The van der Waals surface area contributed by atoms with Crippen molar-refractivity contribution < 1.29 is 28.5 Å². The first-order valence-electron chi connectivity index (χ1n) is 13.4. The molecule has 1 amide bonds. The van der Waals surface area contributed by atoms with E-state index in [-0.39, 0.29) is 25.0 Å². The average Bonchev–Trinajstić information content (AvgIpc) is 3.78. The molecule has 2 heterocycles. The average molecular weight is 531 g/mol. The van der Waals surface area contributed by atoms with Gasteiger partial charge in [-0.3, -0.25) is 9.78 Å². The van der Waals surface area contributed by atoms with Gasteiger partial charge in [-0.25, -0.2) is 4.79 Å². The largest absolute Gasteiger partial charge is 0.493 e. The summed E-state index contributed by atoms with van der Waals surface area (Å²) in [4.78, 5) is 30.4. The Hall–Kier alpha value is -3.91. The molecule has 8 nitrogen and oxygen atoms in total. The number of carbonyl (C=O) groups excluding carboxylic acids is 2. The van der Waals surface area contributed by atoms with Gasteiger partial charge >= 0.3 is 5.97 Å². The summed E-state index contributed by atoms with van der Waals surface area (Å²) in [6.45, 7) is 3.80. The number of esters is 1. The number of nitrogens with zero attached hydrogens (tertiary/aromatic N) is 2. The molecule has 1 aliphatic heterocycles. The van der Waals surface area contributed by atoms with Crippen LogP contribution in [0.1, 0.15) is 64.3 Å². The van der Waals surface area contributed by atoms with Crippen molar-refractivity contribution in [3.8, 4) is 11.5 Å². The molecule has 0 unspecified atom stereocenters. The third-order valence-corrected chi connectivity index (χ3v) is 7.09. The van der Waals surface area contributed by atoms with Crippen molar-refractivity contribution in [2.75, 3.05) is 33.4 Å². The number of likely N-dealkylation sites (tertiary alicyclic amines) is 1. The number of carbonyl (C=O) groups is 2. The number of pyridine rings is 1. The minimum Gasteiger partial charge on any atom is -0.493 e. The molecule has 1 aliphatic carbocycles. The fraction of sp³-hybridized carbons (Fsp3) is 0.387. The first-order chi connectivity index (χ1) is 19.0. The monoisotopic (exact) mass is 530 g/mol. The molecule has 8 heteroatoms. The third kappa shape index (κ3) is 6.75. The lowest BCUT2D eigenvalue weighted by Gasteiger charge is -2.39. The SMILES string of the molecule is CCOC(=O)COCc1ccnc(C(=O)N2CC(c3ccc(OCc4ccc(C5CC5)cc4)c(OC)c3)C2)c1. The maximum Gasteiger partial charge on any atom is 0.332 e. The van der Waals surface area contributed by atoms with E-state index in [1.54, 1.807) is 37.3 Å². The van der Waals surface area contributed by atoms with Gasteiger partial charge in [0.2, 0.25) is 0 Å². The second-order valence-corrected chi connectivity index (χ2v) is 9.97. The topological polar surface area (TPSA) is 87.2 Å². The maximum absolute atomic E-state index is 13.0. The first kappa shape index (κ1) is 26.7. The lowest BCUT2D eigenvalue weighted by atomic mass is 9.91. The Balaban J connectivity index is 1.13. The van der Waals surface area contributed by atoms with Crippen LogP contribution in [-0.4, -0.2) is 55.2 Å². The van der Waals surface area contributed by atoms with E-state index in [1.165, 1.54) is 18.4 Å². The van der Waals surface area contributed by atoms with Crippen molar-refractivity contribution in [3.63, 3.8) is 0 Å². The zero-order valence-electron chi connectivity index (χ0n) is 22.4. The Morgan fingerprint density at radius 3 is 2.38 bits per heavy atom. The van der Waals surface area contributed by atoms with Gasteiger partial charge in [-0.2, -0.15) is 0 Å². The Morgan fingerprint density at radius 2 is 1.67 bits per heavy atom. The highest BCUT2D eigenvalue weighted by atomic mass is 16.6. The molecule has 1 saturated heterocycles. The van der Waals surface area contributed by atoms with E-state index in [0.717, 1.165) is 22.6 Å². The summed E-state index contributed by atoms with van der Waals surface area (Å²) in [6, 6.07) is 18.1. The number of amides is 1. The first-order valence-corrected chi connectivity index (χ1v) is 13.4. The number of aromatic nitrogens is 1. The fourth-order valence-electron chi connectivity index (χ4n) is 4.67. The van der Waals surface area contributed by atoms with E-state index in [0.29, 0.717) is 43.5 Å². The van der Waals surface area contributed by atoms with E-state index < -0.39 is 5.97 Å². The number of methoxy groups -OCH3 is 1. The Kier molecular flexibility index (Phi) is 8.42. The van der Waals surface area contributed by atoms with Gasteiger partial charge in [0.25, 0.3) is 5.91 Å². The van der Waals surface area contributed by atoms with E-state index in [2.05, 4.69) is 29.2 Å². The molecule has 2 aliphatic rings. The van der Waals surface area contributed by atoms with Crippen molar-refractivity contribution in [1.82, 2.24) is 9.88 Å². The molecule has 0 spiro atoms. The predicted octanol–water partition coefficient (Wildman–Crippen LogP) is 4.87. The molecular weight excluding hydrogens is 496 g/mol. The van der Waals surface area contributed by atoms with E-state index in [1.807, 2.05) is 18.2 Å². The van der Waals surface area contributed by atoms with Crippen molar-refractivity contribution >= 4 is 11.9 Å². The summed E-state index contributed by atoms with van der Waals surface area (Å²) >= 11 is 0. The minimum atomic E-state index is -0.413. The Labute approximate surface area is 228 Å². The highest BCUT2D eigenvalue weighted by Crippen LogP contribution is 2.40. The summed E-state index contributed by atoms with van der Waals surface area (Å²) in [5.74, 6) is 1.80. The smallest absolute Gasteiger partial charge is 0.332 e. The molecule has 0 radical (unpaired) electrons. The lowest BCUT2D eigenvalue weighted by molar-refractivity contribution is -0.148. The fourth-order valence-corrected chi connectivity index (χ4v) is 4.67. The quantitative estimate of drug-likeness (QED) is 0.309. The van der Waals surface area contributed by atoms with Crippen LogP contribution in [0.4, 0.5) is 0 Å². The molecule has 1 saturated carbocycles. The van der Waals surface area contributed by atoms with Gasteiger partial charge < -0.3 is 23.8 Å². The van der Waals surface area contributed by atoms with Gasteiger partial charge in [0, 0.05) is 25.2 Å². The summed E-state index contributed by atoms with van der Waals surface area (Å²) in [5.41, 5.74) is 4.77. The lowest BCUT2D eigenvalue weighted by Crippen LogP contribution is -2.48. The highest BCUT2D eigenvalue weighted by Gasteiger charge is 2.33. The van der Waals surface area contributed by atoms with Crippen molar-refractivity contribution in [2.24, 2.45) is 0 Å².